The fourth-order valence-electron chi connectivity index (χ4n) is 4.56. The molecule has 30 heavy (non-hydrogen) atoms. The summed E-state index contributed by atoms with van der Waals surface area (Å²) < 4.78 is 2.00. The Balaban J connectivity index is 1.71. The number of hydrogen-bond acceptors (Lipinski definition) is 4. The molecule has 0 fully saturated rings. The molecule has 0 bridgehead atoms. The molecule has 1 aromatic carbocycles. The second-order valence-electron chi connectivity index (χ2n) is 8.03. The van der Waals surface area contributed by atoms with Crippen molar-refractivity contribution in [3.05, 3.63) is 46.7 Å². The van der Waals surface area contributed by atoms with Crippen LogP contribution in [0.1, 0.15) is 49.6 Å². The quantitative estimate of drug-likeness (QED) is 0.725. The standard InChI is InChI=1S/C24H31N5O/c1-5-18(15-25-6-2)19-9-10-22-20(14-19)8-7-12-29(22)24-21-16-28(17(3)30)13-11-23(21)27(4)26-24/h5,9-10,14-15H,6-8,11-13,16H2,1-4H3/b18-5+,25-15?. The average molecular weight is 406 g/mol. The van der Waals surface area contributed by atoms with Crippen molar-refractivity contribution in [1.82, 2.24) is 14.7 Å². The molecule has 2 aliphatic heterocycles. The van der Waals surface area contributed by atoms with E-state index in [0.29, 0.717) is 6.54 Å². The highest BCUT2D eigenvalue weighted by atomic mass is 16.2. The maximum atomic E-state index is 12.0. The van der Waals surface area contributed by atoms with Gasteiger partial charge >= 0.3 is 0 Å². The zero-order valence-electron chi connectivity index (χ0n) is 18.5. The van der Waals surface area contributed by atoms with E-state index in [9.17, 15) is 4.79 Å². The van der Waals surface area contributed by atoms with E-state index in [0.717, 1.165) is 50.3 Å². The van der Waals surface area contributed by atoms with Gasteiger partial charge in [-0.05, 0) is 55.5 Å². The van der Waals surface area contributed by atoms with Crippen LogP contribution >= 0.6 is 0 Å². The summed E-state index contributed by atoms with van der Waals surface area (Å²) in [5.41, 5.74) is 7.39. The summed E-state index contributed by atoms with van der Waals surface area (Å²) in [6.45, 7) is 8.92. The predicted octanol–water partition coefficient (Wildman–Crippen LogP) is 3.90. The van der Waals surface area contributed by atoms with Crippen LogP contribution in [0.25, 0.3) is 5.57 Å². The van der Waals surface area contributed by atoms with Gasteiger partial charge in [-0.1, -0.05) is 12.1 Å². The Labute approximate surface area is 178 Å². The van der Waals surface area contributed by atoms with Crippen molar-refractivity contribution >= 4 is 29.2 Å². The Bertz CT molecular complexity index is 1020. The molecule has 0 spiro atoms. The van der Waals surface area contributed by atoms with Crippen molar-refractivity contribution in [2.45, 2.75) is 46.6 Å². The number of aryl methyl sites for hydroxylation is 2. The lowest BCUT2D eigenvalue weighted by molar-refractivity contribution is -0.129. The third-order valence-electron chi connectivity index (χ3n) is 6.18. The number of hydrogen-bond donors (Lipinski definition) is 0. The summed E-state index contributed by atoms with van der Waals surface area (Å²) in [5, 5.41) is 4.89. The highest BCUT2D eigenvalue weighted by Crippen LogP contribution is 2.38. The van der Waals surface area contributed by atoms with Crippen LogP contribution < -0.4 is 4.90 Å². The van der Waals surface area contributed by atoms with Gasteiger partial charge in [0.05, 0.1) is 6.54 Å². The van der Waals surface area contributed by atoms with E-state index >= 15 is 0 Å². The van der Waals surface area contributed by atoms with Gasteiger partial charge in [-0.3, -0.25) is 14.5 Å². The molecule has 0 saturated heterocycles. The lowest BCUT2D eigenvalue weighted by atomic mass is 9.95. The Morgan fingerprint density at radius 1 is 1.27 bits per heavy atom. The van der Waals surface area contributed by atoms with Gasteiger partial charge in [0.25, 0.3) is 0 Å². The van der Waals surface area contributed by atoms with Crippen molar-refractivity contribution in [1.29, 1.82) is 0 Å². The molecule has 2 aliphatic rings. The van der Waals surface area contributed by atoms with Crippen molar-refractivity contribution in [2.24, 2.45) is 12.0 Å². The van der Waals surface area contributed by atoms with Crippen molar-refractivity contribution in [2.75, 3.05) is 24.5 Å². The normalized spacial score (nSPS) is 16.7. The highest BCUT2D eigenvalue weighted by molar-refractivity contribution is 6.09. The lowest BCUT2D eigenvalue weighted by Crippen LogP contribution is -2.35. The Hall–Kier alpha value is -2.89. The van der Waals surface area contributed by atoms with Gasteiger partial charge in [-0.25, -0.2) is 0 Å². The van der Waals surface area contributed by atoms with Crippen LogP contribution in [0.3, 0.4) is 0 Å². The molecule has 0 aliphatic carbocycles. The lowest BCUT2D eigenvalue weighted by Gasteiger charge is -2.32. The van der Waals surface area contributed by atoms with Crippen LogP contribution in [-0.2, 0) is 31.2 Å². The first-order chi connectivity index (χ1) is 14.5. The molecule has 0 saturated carbocycles. The molecular formula is C24H31N5O. The Morgan fingerprint density at radius 2 is 2.10 bits per heavy atom. The summed E-state index contributed by atoms with van der Waals surface area (Å²) in [6.07, 6.45) is 7.10. The molecule has 4 rings (SSSR count). The minimum Gasteiger partial charge on any atom is -0.338 e. The summed E-state index contributed by atoms with van der Waals surface area (Å²) in [7, 11) is 2.02. The van der Waals surface area contributed by atoms with Crippen molar-refractivity contribution in [3.8, 4) is 0 Å². The SMILES string of the molecule is C/C=C(\C=NCC)c1ccc2c(c1)CCCN2c1nn(C)c2c1CN(C(C)=O)CC2. The Kier molecular flexibility index (Phi) is 5.75. The van der Waals surface area contributed by atoms with Gasteiger partial charge < -0.3 is 9.80 Å². The highest BCUT2D eigenvalue weighted by Gasteiger charge is 2.30. The number of anilines is 2. The van der Waals surface area contributed by atoms with E-state index < -0.39 is 0 Å². The average Bonchev–Trinajstić information content (AvgIpc) is 3.09. The van der Waals surface area contributed by atoms with Crippen LogP contribution in [0.4, 0.5) is 11.5 Å². The maximum absolute atomic E-state index is 12.0. The first kappa shape index (κ1) is 20.4. The number of aliphatic imine (C=N–C) groups is 1. The molecule has 0 radical (unpaired) electrons. The number of benzene rings is 1. The molecule has 1 amide bonds. The van der Waals surface area contributed by atoms with Gasteiger partial charge in [0.2, 0.25) is 5.91 Å². The first-order valence-corrected chi connectivity index (χ1v) is 10.9. The van der Waals surface area contributed by atoms with Crippen molar-refractivity contribution < 1.29 is 4.79 Å². The molecule has 2 aromatic rings. The van der Waals surface area contributed by atoms with Gasteiger partial charge in [0, 0.05) is 63.2 Å². The van der Waals surface area contributed by atoms with Crippen LogP contribution in [-0.4, -0.2) is 46.4 Å². The monoisotopic (exact) mass is 405 g/mol. The number of aromatic nitrogens is 2. The van der Waals surface area contributed by atoms with E-state index in [2.05, 4.69) is 48.0 Å². The molecule has 3 heterocycles. The number of allylic oxidation sites excluding steroid dienone is 2. The number of fused-ring (bicyclic) bond motifs is 2. The van der Waals surface area contributed by atoms with E-state index in [4.69, 9.17) is 5.10 Å². The molecule has 6 nitrogen and oxygen atoms in total. The second kappa shape index (κ2) is 8.46. The zero-order chi connectivity index (χ0) is 21.3. The molecule has 1 aromatic heterocycles. The molecule has 6 heteroatoms. The van der Waals surface area contributed by atoms with E-state index in [1.54, 1.807) is 6.92 Å². The number of amides is 1. The predicted molar refractivity (Wildman–Crippen MR) is 122 cm³/mol. The fraction of sp³-hybridized carbons (Fsp3) is 0.458. The number of carbonyl (C=O) groups excluding carboxylic acids is 1. The van der Waals surface area contributed by atoms with E-state index in [1.807, 2.05) is 22.8 Å². The van der Waals surface area contributed by atoms with Crippen molar-refractivity contribution in [3.63, 3.8) is 0 Å². The van der Waals surface area contributed by atoms with Gasteiger partial charge in [-0.2, -0.15) is 5.10 Å². The van der Waals surface area contributed by atoms with Gasteiger partial charge in [0.15, 0.2) is 5.82 Å². The first-order valence-electron chi connectivity index (χ1n) is 10.9. The van der Waals surface area contributed by atoms with E-state index in [-0.39, 0.29) is 5.91 Å². The third-order valence-corrected chi connectivity index (χ3v) is 6.18. The molecule has 158 valence electrons. The van der Waals surface area contributed by atoms with Crippen LogP contribution in [0.15, 0.2) is 29.3 Å². The van der Waals surface area contributed by atoms with Crippen LogP contribution in [0.2, 0.25) is 0 Å². The summed E-state index contributed by atoms with van der Waals surface area (Å²) in [5.74, 6) is 1.14. The summed E-state index contributed by atoms with van der Waals surface area (Å²) >= 11 is 0. The zero-order valence-corrected chi connectivity index (χ0v) is 18.5. The fourth-order valence-corrected chi connectivity index (χ4v) is 4.56. The number of carbonyl (C=O) groups is 1. The number of rotatable bonds is 4. The molecule has 0 unspecified atom stereocenters. The Morgan fingerprint density at radius 3 is 2.83 bits per heavy atom. The molecule has 0 atom stereocenters. The van der Waals surface area contributed by atoms with Crippen LogP contribution in [0.5, 0.6) is 0 Å². The van der Waals surface area contributed by atoms with E-state index in [1.165, 1.54) is 28.1 Å². The van der Waals surface area contributed by atoms with Crippen LogP contribution in [0, 0.1) is 0 Å². The third kappa shape index (κ3) is 3.66. The number of nitrogens with zero attached hydrogens (tertiary/aromatic N) is 5. The summed E-state index contributed by atoms with van der Waals surface area (Å²) in [6, 6.07) is 6.71. The van der Waals surface area contributed by atoms with Gasteiger partial charge in [0.1, 0.15) is 0 Å². The minimum absolute atomic E-state index is 0.131. The second-order valence-corrected chi connectivity index (χ2v) is 8.03. The van der Waals surface area contributed by atoms with Gasteiger partial charge in [-0.15, -0.1) is 0 Å². The largest absolute Gasteiger partial charge is 0.338 e. The minimum atomic E-state index is 0.131. The molecule has 0 N–H and O–H groups in total. The topological polar surface area (TPSA) is 53.7 Å². The smallest absolute Gasteiger partial charge is 0.219 e. The maximum Gasteiger partial charge on any atom is 0.219 e. The summed E-state index contributed by atoms with van der Waals surface area (Å²) in [4.78, 5) is 20.7. The molecular weight excluding hydrogens is 374 g/mol.